The van der Waals surface area contributed by atoms with Crippen LogP contribution in [0.5, 0.6) is 11.5 Å². The third-order valence-electron chi connectivity index (χ3n) is 3.82. The summed E-state index contributed by atoms with van der Waals surface area (Å²) in [7, 11) is 1.49. The van der Waals surface area contributed by atoms with Gasteiger partial charge in [0.05, 0.1) is 20.1 Å². The largest absolute Gasteiger partial charge is 0.493 e. The Morgan fingerprint density at radius 3 is 2.70 bits per heavy atom. The molecule has 0 aliphatic rings. The van der Waals surface area contributed by atoms with Gasteiger partial charge >= 0.3 is 0 Å². The summed E-state index contributed by atoms with van der Waals surface area (Å²) >= 11 is 0. The van der Waals surface area contributed by atoms with Crippen LogP contribution in [-0.4, -0.2) is 30.7 Å². The zero-order valence-corrected chi connectivity index (χ0v) is 14.9. The van der Waals surface area contributed by atoms with Crippen molar-refractivity contribution < 1.29 is 23.6 Å². The van der Waals surface area contributed by atoms with Crippen LogP contribution in [0.2, 0.25) is 0 Å². The molecule has 0 spiro atoms. The molecule has 1 heterocycles. The molecule has 0 saturated heterocycles. The highest BCUT2D eigenvalue weighted by Crippen LogP contribution is 2.27. The Morgan fingerprint density at radius 2 is 1.93 bits per heavy atom. The number of hydrogen-bond acceptors (Lipinski definition) is 6. The number of methoxy groups -OCH3 is 1. The van der Waals surface area contributed by atoms with Crippen molar-refractivity contribution in [1.82, 2.24) is 16.0 Å². The van der Waals surface area contributed by atoms with E-state index in [1.165, 1.54) is 13.2 Å². The number of nitrogens with one attached hydrogen (secondary N) is 2. The number of nitrogens with zero attached hydrogens (tertiary/aromatic N) is 1. The van der Waals surface area contributed by atoms with Crippen LogP contribution in [0.15, 0.2) is 47.0 Å². The Balaban J connectivity index is 1.61. The van der Waals surface area contributed by atoms with Gasteiger partial charge in [0, 0.05) is 10.9 Å². The molecule has 2 N–H and O–H groups in total. The third kappa shape index (κ3) is 4.17. The maximum absolute atomic E-state index is 12.2. The molecule has 140 valence electrons. The molecular weight excluding hydrogens is 350 g/mol. The van der Waals surface area contributed by atoms with E-state index in [1.807, 2.05) is 25.1 Å². The van der Waals surface area contributed by atoms with Crippen molar-refractivity contribution in [2.24, 2.45) is 0 Å². The van der Waals surface area contributed by atoms with Crippen LogP contribution in [0.25, 0.3) is 11.0 Å². The maximum Gasteiger partial charge on any atom is 0.269 e. The molecule has 0 fully saturated rings. The van der Waals surface area contributed by atoms with E-state index in [2.05, 4.69) is 16.0 Å². The Hall–Kier alpha value is -3.55. The first-order valence-corrected chi connectivity index (χ1v) is 8.35. The SMILES string of the molecule is CCOc1ccc(C(=O)NNC(=O)Cc2noc3ccccc23)cc1OC. The van der Waals surface area contributed by atoms with Crippen LogP contribution in [0.4, 0.5) is 0 Å². The van der Waals surface area contributed by atoms with Crippen molar-refractivity contribution >= 4 is 22.8 Å². The minimum absolute atomic E-state index is 0.0239. The average molecular weight is 369 g/mol. The maximum atomic E-state index is 12.2. The van der Waals surface area contributed by atoms with Gasteiger partial charge in [0.1, 0.15) is 5.69 Å². The predicted molar refractivity (Wildman–Crippen MR) is 97.5 cm³/mol. The lowest BCUT2D eigenvalue weighted by Gasteiger charge is -2.11. The molecule has 0 aliphatic heterocycles. The highest BCUT2D eigenvalue weighted by atomic mass is 16.5. The van der Waals surface area contributed by atoms with E-state index in [4.69, 9.17) is 14.0 Å². The summed E-state index contributed by atoms with van der Waals surface area (Å²) in [5.74, 6) is 0.0819. The van der Waals surface area contributed by atoms with Crippen LogP contribution in [-0.2, 0) is 11.2 Å². The zero-order valence-electron chi connectivity index (χ0n) is 14.9. The van der Waals surface area contributed by atoms with E-state index in [1.54, 1.807) is 18.2 Å². The van der Waals surface area contributed by atoms with Gasteiger partial charge in [-0.15, -0.1) is 0 Å². The summed E-state index contributed by atoms with van der Waals surface area (Å²) in [5, 5.41) is 4.65. The lowest BCUT2D eigenvalue weighted by atomic mass is 10.2. The second kappa shape index (κ2) is 8.22. The van der Waals surface area contributed by atoms with Gasteiger partial charge in [-0.1, -0.05) is 17.3 Å². The molecule has 8 heteroatoms. The summed E-state index contributed by atoms with van der Waals surface area (Å²) in [6.45, 7) is 2.34. The molecule has 1 aromatic heterocycles. The molecule has 0 bridgehead atoms. The van der Waals surface area contributed by atoms with Crippen molar-refractivity contribution in [2.75, 3.05) is 13.7 Å². The number of hydrogen-bond donors (Lipinski definition) is 2. The van der Waals surface area contributed by atoms with Crippen LogP contribution >= 0.6 is 0 Å². The number of fused-ring (bicyclic) bond motifs is 1. The van der Waals surface area contributed by atoms with Gasteiger partial charge in [-0.2, -0.15) is 0 Å². The quantitative estimate of drug-likeness (QED) is 0.646. The average Bonchev–Trinajstić information content (AvgIpc) is 3.09. The van der Waals surface area contributed by atoms with E-state index in [0.717, 1.165) is 5.39 Å². The number of rotatable bonds is 6. The molecule has 0 unspecified atom stereocenters. The number of aromatic nitrogens is 1. The number of para-hydroxylation sites is 1. The molecule has 3 aromatic rings. The summed E-state index contributed by atoms with van der Waals surface area (Å²) < 4.78 is 15.8. The molecule has 8 nitrogen and oxygen atoms in total. The molecule has 0 saturated carbocycles. The van der Waals surface area contributed by atoms with Crippen molar-refractivity contribution in [3.63, 3.8) is 0 Å². The highest BCUT2D eigenvalue weighted by Gasteiger charge is 2.14. The topological polar surface area (TPSA) is 103 Å². The molecule has 0 radical (unpaired) electrons. The smallest absolute Gasteiger partial charge is 0.269 e. The fraction of sp³-hybridized carbons (Fsp3) is 0.211. The minimum atomic E-state index is -0.477. The fourth-order valence-electron chi connectivity index (χ4n) is 2.54. The lowest BCUT2D eigenvalue weighted by Crippen LogP contribution is -2.42. The second-order valence-electron chi connectivity index (χ2n) is 5.60. The Kier molecular flexibility index (Phi) is 5.55. The van der Waals surface area contributed by atoms with Crippen molar-refractivity contribution in [3.8, 4) is 11.5 Å². The van der Waals surface area contributed by atoms with Crippen LogP contribution < -0.4 is 20.3 Å². The first-order chi connectivity index (χ1) is 13.1. The lowest BCUT2D eigenvalue weighted by molar-refractivity contribution is -0.121. The van der Waals surface area contributed by atoms with Crippen LogP contribution in [0, 0.1) is 0 Å². The molecular formula is C19H19N3O5. The molecule has 3 rings (SSSR count). The van der Waals surface area contributed by atoms with Crippen molar-refractivity contribution in [1.29, 1.82) is 0 Å². The summed E-state index contributed by atoms with van der Waals surface area (Å²) in [6, 6.07) is 12.0. The zero-order chi connectivity index (χ0) is 19.2. The van der Waals surface area contributed by atoms with Gasteiger partial charge in [-0.25, -0.2) is 0 Å². The summed E-state index contributed by atoms with van der Waals surface area (Å²) in [4.78, 5) is 24.3. The van der Waals surface area contributed by atoms with Gasteiger partial charge in [0.25, 0.3) is 5.91 Å². The summed E-state index contributed by atoms with van der Waals surface area (Å²) in [5.41, 5.74) is 6.16. The van der Waals surface area contributed by atoms with Gasteiger partial charge in [-0.3, -0.25) is 20.4 Å². The Bertz CT molecular complexity index is 967. The fourth-order valence-corrected chi connectivity index (χ4v) is 2.54. The first kappa shape index (κ1) is 18.2. The number of hydrazine groups is 1. The number of carbonyl (C=O) groups is 2. The number of amides is 2. The van der Waals surface area contributed by atoms with E-state index >= 15 is 0 Å². The van der Waals surface area contributed by atoms with Crippen LogP contribution in [0.1, 0.15) is 23.0 Å². The van der Waals surface area contributed by atoms with Crippen LogP contribution in [0.3, 0.4) is 0 Å². The molecule has 27 heavy (non-hydrogen) atoms. The van der Waals surface area contributed by atoms with Crippen molar-refractivity contribution in [3.05, 3.63) is 53.7 Å². The number of carbonyl (C=O) groups excluding carboxylic acids is 2. The summed E-state index contributed by atoms with van der Waals surface area (Å²) in [6.07, 6.45) is -0.0239. The third-order valence-corrected chi connectivity index (χ3v) is 3.82. The van der Waals surface area contributed by atoms with Gasteiger partial charge in [0.15, 0.2) is 17.1 Å². The van der Waals surface area contributed by atoms with Gasteiger partial charge < -0.3 is 14.0 Å². The molecule has 2 aromatic carbocycles. The number of ether oxygens (including phenoxy) is 2. The second-order valence-corrected chi connectivity index (χ2v) is 5.60. The van der Waals surface area contributed by atoms with E-state index < -0.39 is 11.8 Å². The highest BCUT2D eigenvalue weighted by molar-refractivity contribution is 5.96. The van der Waals surface area contributed by atoms with Gasteiger partial charge in [-0.05, 0) is 37.3 Å². The number of benzene rings is 2. The Morgan fingerprint density at radius 1 is 1.11 bits per heavy atom. The predicted octanol–water partition coefficient (Wildman–Crippen LogP) is 2.24. The normalized spacial score (nSPS) is 10.4. The standard InChI is InChI=1S/C19H19N3O5/c1-3-26-16-9-8-12(10-17(16)25-2)19(24)21-20-18(23)11-14-13-6-4-5-7-15(13)27-22-14/h4-10H,3,11H2,1-2H3,(H,20,23)(H,21,24). The van der Waals surface area contributed by atoms with Crippen molar-refractivity contribution in [2.45, 2.75) is 13.3 Å². The monoisotopic (exact) mass is 369 g/mol. The molecule has 0 atom stereocenters. The minimum Gasteiger partial charge on any atom is -0.493 e. The van der Waals surface area contributed by atoms with E-state index in [0.29, 0.717) is 34.9 Å². The Labute approximate surface area is 155 Å². The van der Waals surface area contributed by atoms with E-state index in [9.17, 15) is 9.59 Å². The van der Waals surface area contributed by atoms with E-state index in [-0.39, 0.29) is 6.42 Å². The van der Waals surface area contributed by atoms with Gasteiger partial charge in [0.2, 0.25) is 5.91 Å². The first-order valence-electron chi connectivity index (χ1n) is 8.35. The molecule has 0 aliphatic carbocycles. The molecule has 2 amide bonds.